The van der Waals surface area contributed by atoms with Crippen LogP contribution in [0.2, 0.25) is 0 Å². The molecule has 11 nitrogen and oxygen atoms in total. The summed E-state index contributed by atoms with van der Waals surface area (Å²) in [6.45, 7) is 0.618. The average Bonchev–Trinajstić information content (AvgIpc) is 3.14. The summed E-state index contributed by atoms with van der Waals surface area (Å²) in [6, 6.07) is 1.17. The molecule has 3 heterocycles. The van der Waals surface area contributed by atoms with Gasteiger partial charge < -0.3 is 14.7 Å². The van der Waals surface area contributed by atoms with Crippen molar-refractivity contribution in [3.63, 3.8) is 0 Å². The summed E-state index contributed by atoms with van der Waals surface area (Å²) in [6.07, 6.45) is 1.94. The molecule has 3 aromatic rings. The highest BCUT2D eigenvalue weighted by atomic mass is 32.2. The van der Waals surface area contributed by atoms with E-state index in [-0.39, 0.29) is 28.8 Å². The molecule has 1 saturated heterocycles. The van der Waals surface area contributed by atoms with Crippen molar-refractivity contribution in [1.29, 1.82) is 0 Å². The summed E-state index contributed by atoms with van der Waals surface area (Å²) in [7, 11) is -4.44. The SMILES string of the molecule is NS(=O)(=O)c1cc(F)c(-n2cnc3c(OC4CCN(C(=O)O)CC4)ncnc32)cc1F. The Morgan fingerprint density at radius 2 is 1.87 bits per heavy atom. The first-order chi connectivity index (χ1) is 14.6. The quantitative estimate of drug-likeness (QED) is 0.597. The van der Waals surface area contributed by atoms with Crippen LogP contribution >= 0.6 is 0 Å². The van der Waals surface area contributed by atoms with Crippen LogP contribution < -0.4 is 9.88 Å². The number of carbonyl (C=O) groups is 1. The number of halogens is 2. The van der Waals surface area contributed by atoms with E-state index in [1.165, 1.54) is 11.2 Å². The molecule has 4 rings (SSSR count). The molecule has 0 atom stereocenters. The molecule has 1 aromatic carbocycles. The number of hydrogen-bond donors (Lipinski definition) is 2. The molecule has 1 aliphatic rings. The van der Waals surface area contributed by atoms with Crippen LogP contribution in [0.15, 0.2) is 29.7 Å². The van der Waals surface area contributed by atoms with Gasteiger partial charge in [0.15, 0.2) is 11.2 Å². The zero-order chi connectivity index (χ0) is 22.3. The second-order valence-corrected chi connectivity index (χ2v) is 8.36. The molecule has 3 N–H and O–H groups in total. The molecule has 1 fully saturated rings. The number of amides is 1. The number of benzene rings is 1. The fourth-order valence-corrected chi connectivity index (χ4v) is 3.92. The van der Waals surface area contributed by atoms with Crippen LogP contribution in [0, 0.1) is 11.6 Å². The highest BCUT2D eigenvalue weighted by Crippen LogP contribution is 2.28. The molecule has 0 unspecified atom stereocenters. The van der Waals surface area contributed by atoms with Crippen molar-refractivity contribution in [1.82, 2.24) is 24.4 Å². The number of aromatic nitrogens is 4. The van der Waals surface area contributed by atoms with Gasteiger partial charge in [0.1, 0.15) is 35.3 Å². The van der Waals surface area contributed by atoms with Crippen LogP contribution in [0.25, 0.3) is 16.9 Å². The molecule has 0 bridgehead atoms. The summed E-state index contributed by atoms with van der Waals surface area (Å²) in [4.78, 5) is 23.5. The minimum Gasteiger partial charge on any atom is -0.473 e. The molecule has 14 heteroatoms. The van der Waals surface area contributed by atoms with E-state index in [0.29, 0.717) is 38.1 Å². The lowest BCUT2D eigenvalue weighted by atomic mass is 10.1. The number of rotatable bonds is 4. The van der Waals surface area contributed by atoms with Gasteiger partial charge in [-0.3, -0.25) is 4.57 Å². The molecule has 1 aliphatic heterocycles. The number of primary sulfonamides is 1. The lowest BCUT2D eigenvalue weighted by Crippen LogP contribution is -2.41. The smallest absolute Gasteiger partial charge is 0.407 e. The van der Waals surface area contributed by atoms with E-state index in [4.69, 9.17) is 15.0 Å². The number of imidazole rings is 1. The summed E-state index contributed by atoms with van der Waals surface area (Å²) in [5, 5.41) is 13.9. The Morgan fingerprint density at radius 3 is 2.52 bits per heavy atom. The number of hydrogen-bond acceptors (Lipinski definition) is 7. The fraction of sp³-hybridized carbons (Fsp3) is 0.294. The Kier molecular flexibility index (Phi) is 5.18. The number of fused-ring (bicyclic) bond motifs is 1. The molecule has 0 radical (unpaired) electrons. The Hall–Kier alpha value is -3.39. The second kappa shape index (κ2) is 7.70. The molecule has 31 heavy (non-hydrogen) atoms. The first-order valence-electron chi connectivity index (χ1n) is 9.00. The maximum absolute atomic E-state index is 14.6. The normalized spacial score (nSPS) is 15.4. The minimum atomic E-state index is -4.44. The van der Waals surface area contributed by atoms with Gasteiger partial charge in [0.2, 0.25) is 15.9 Å². The Labute approximate surface area is 174 Å². The van der Waals surface area contributed by atoms with E-state index < -0.39 is 32.6 Å². The summed E-state index contributed by atoms with van der Waals surface area (Å²) in [5.41, 5.74) is -0.0417. The van der Waals surface area contributed by atoms with Gasteiger partial charge in [0.05, 0.1) is 5.69 Å². The average molecular weight is 454 g/mol. The van der Waals surface area contributed by atoms with Crippen LogP contribution in [0.4, 0.5) is 13.6 Å². The first-order valence-corrected chi connectivity index (χ1v) is 10.5. The molecule has 0 spiro atoms. The van der Waals surface area contributed by atoms with Crippen LogP contribution in [-0.4, -0.2) is 63.2 Å². The van der Waals surface area contributed by atoms with Crippen LogP contribution in [0.1, 0.15) is 12.8 Å². The number of ether oxygens (including phenoxy) is 1. The van der Waals surface area contributed by atoms with Gasteiger partial charge in [-0.1, -0.05) is 0 Å². The number of piperidine rings is 1. The van der Waals surface area contributed by atoms with Gasteiger partial charge in [-0.2, -0.15) is 4.98 Å². The van der Waals surface area contributed by atoms with Crippen molar-refractivity contribution in [3.05, 3.63) is 36.4 Å². The first kappa shape index (κ1) is 20.9. The summed E-state index contributed by atoms with van der Waals surface area (Å²) >= 11 is 0. The van der Waals surface area contributed by atoms with Gasteiger partial charge in [0.25, 0.3) is 0 Å². The number of sulfonamides is 1. The number of nitrogens with two attached hydrogens (primary N) is 1. The predicted octanol–water partition coefficient (Wildman–Crippen LogP) is 1.26. The van der Waals surface area contributed by atoms with Crippen LogP contribution in [-0.2, 0) is 10.0 Å². The van der Waals surface area contributed by atoms with Crippen LogP contribution in [0.5, 0.6) is 5.88 Å². The molecule has 0 saturated carbocycles. The highest BCUT2D eigenvalue weighted by Gasteiger charge is 2.26. The number of carboxylic acid groups (broad SMARTS) is 1. The van der Waals surface area contributed by atoms with Gasteiger partial charge in [0, 0.05) is 32.0 Å². The van der Waals surface area contributed by atoms with E-state index in [9.17, 15) is 22.0 Å². The van der Waals surface area contributed by atoms with Crippen molar-refractivity contribution in [2.24, 2.45) is 5.14 Å². The maximum Gasteiger partial charge on any atom is 0.407 e. The molecular weight excluding hydrogens is 438 g/mol. The molecule has 0 aliphatic carbocycles. The third kappa shape index (κ3) is 3.98. The Bertz CT molecular complexity index is 1270. The van der Waals surface area contributed by atoms with E-state index in [1.54, 1.807) is 0 Å². The van der Waals surface area contributed by atoms with Gasteiger partial charge in [-0.15, -0.1) is 0 Å². The summed E-state index contributed by atoms with van der Waals surface area (Å²) in [5.74, 6) is -2.16. The maximum atomic E-state index is 14.6. The second-order valence-electron chi connectivity index (χ2n) is 6.83. The molecular formula is C17H16F2N6O5S. The van der Waals surface area contributed by atoms with Gasteiger partial charge in [-0.25, -0.2) is 37.1 Å². The van der Waals surface area contributed by atoms with Gasteiger partial charge in [-0.05, 0) is 6.07 Å². The fourth-order valence-electron chi connectivity index (χ4n) is 3.32. The number of likely N-dealkylation sites (tertiary alicyclic amines) is 1. The standard InChI is InChI=1S/C17H16F2N6O5S/c18-10-6-13(31(20,28)29)11(19)5-12(10)25-8-23-14-15(25)21-7-22-16(14)30-9-1-3-24(4-2-9)17(26)27/h5-9H,1-4H2,(H,26,27)(H2,20,28,29). The largest absolute Gasteiger partial charge is 0.473 e. The van der Waals surface area contributed by atoms with Crippen LogP contribution in [0.3, 0.4) is 0 Å². The van der Waals surface area contributed by atoms with E-state index in [2.05, 4.69) is 15.0 Å². The zero-order valence-corrected chi connectivity index (χ0v) is 16.6. The third-order valence-electron chi connectivity index (χ3n) is 4.86. The zero-order valence-electron chi connectivity index (χ0n) is 15.8. The van der Waals surface area contributed by atoms with Crippen molar-refractivity contribution >= 4 is 27.3 Å². The van der Waals surface area contributed by atoms with Gasteiger partial charge >= 0.3 is 6.09 Å². The van der Waals surface area contributed by atoms with E-state index >= 15 is 0 Å². The monoisotopic (exact) mass is 454 g/mol. The minimum absolute atomic E-state index is 0.106. The molecule has 164 valence electrons. The van der Waals surface area contributed by atoms with Crippen molar-refractivity contribution in [2.45, 2.75) is 23.8 Å². The van der Waals surface area contributed by atoms with Crippen molar-refractivity contribution in [3.8, 4) is 11.6 Å². The number of nitrogens with zero attached hydrogens (tertiary/aromatic N) is 5. The lowest BCUT2D eigenvalue weighted by Gasteiger charge is -2.29. The Morgan fingerprint density at radius 1 is 1.16 bits per heavy atom. The van der Waals surface area contributed by atoms with E-state index in [1.807, 2.05) is 0 Å². The summed E-state index contributed by atoms with van der Waals surface area (Å²) < 4.78 is 58.6. The topological polar surface area (TPSA) is 154 Å². The Balaban J connectivity index is 1.66. The highest BCUT2D eigenvalue weighted by molar-refractivity contribution is 7.89. The van der Waals surface area contributed by atoms with E-state index in [0.717, 1.165) is 10.9 Å². The third-order valence-corrected chi connectivity index (χ3v) is 5.78. The molecule has 1 amide bonds. The van der Waals surface area contributed by atoms with Crippen molar-refractivity contribution in [2.75, 3.05) is 13.1 Å². The predicted molar refractivity (Wildman–Crippen MR) is 101 cm³/mol. The lowest BCUT2D eigenvalue weighted by molar-refractivity contribution is 0.0878. The molecule has 2 aromatic heterocycles. The van der Waals surface area contributed by atoms with Crippen molar-refractivity contribution < 1.29 is 31.8 Å².